The Morgan fingerprint density at radius 1 is 1.06 bits per heavy atom. The quantitative estimate of drug-likeness (QED) is 0.751. The lowest BCUT2D eigenvalue weighted by molar-refractivity contribution is 0.0987. The largest absolute Gasteiger partial charge is 0.292 e. The Hall–Kier alpha value is -1.96. The van der Waals surface area contributed by atoms with Crippen LogP contribution in [-0.2, 0) is 6.42 Å². The van der Waals surface area contributed by atoms with E-state index in [0.29, 0.717) is 12.1 Å². The summed E-state index contributed by atoms with van der Waals surface area (Å²) in [6, 6.07) is 11.7. The Morgan fingerprint density at radius 3 is 2.47 bits per heavy atom. The van der Waals surface area contributed by atoms with Crippen molar-refractivity contribution in [2.75, 3.05) is 0 Å². The highest BCUT2D eigenvalue weighted by molar-refractivity contribution is 5.97. The maximum atomic E-state index is 12.1. The van der Waals surface area contributed by atoms with E-state index in [1.165, 1.54) is 0 Å². The third kappa shape index (κ3) is 2.59. The van der Waals surface area contributed by atoms with E-state index >= 15 is 0 Å². The lowest BCUT2D eigenvalue weighted by Gasteiger charge is -2.06. The Kier molecular flexibility index (Phi) is 3.33. The SMILES string of the molecule is Cc1ccccc1CC(=O)c1ncccc1C. The molecule has 0 bridgehead atoms. The van der Waals surface area contributed by atoms with Gasteiger partial charge in [0, 0.05) is 12.6 Å². The number of benzene rings is 1. The highest BCUT2D eigenvalue weighted by Gasteiger charge is 2.11. The number of hydrogen-bond donors (Lipinski definition) is 0. The van der Waals surface area contributed by atoms with Crippen LogP contribution in [0.3, 0.4) is 0 Å². The van der Waals surface area contributed by atoms with Crippen molar-refractivity contribution in [1.82, 2.24) is 4.98 Å². The number of carbonyl (C=O) groups excluding carboxylic acids is 1. The molecule has 0 atom stereocenters. The van der Waals surface area contributed by atoms with Gasteiger partial charge < -0.3 is 0 Å². The molecule has 2 heteroatoms. The molecule has 1 aromatic carbocycles. The zero-order chi connectivity index (χ0) is 12.3. The van der Waals surface area contributed by atoms with E-state index in [1.54, 1.807) is 6.20 Å². The number of pyridine rings is 1. The smallest absolute Gasteiger partial charge is 0.185 e. The monoisotopic (exact) mass is 225 g/mol. The van der Waals surface area contributed by atoms with E-state index in [-0.39, 0.29) is 5.78 Å². The van der Waals surface area contributed by atoms with Gasteiger partial charge in [0.2, 0.25) is 0 Å². The summed E-state index contributed by atoms with van der Waals surface area (Å²) in [7, 11) is 0. The molecule has 0 fully saturated rings. The zero-order valence-corrected chi connectivity index (χ0v) is 10.1. The minimum atomic E-state index is 0.0809. The van der Waals surface area contributed by atoms with Crippen LogP contribution in [-0.4, -0.2) is 10.8 Å². The Balaban J connectivity index is 2.24. The van der Waals surface area contributed by atoms with Crippen LogP contribution in [0.2, 0.25) is 0 Å². The average Bonchev–Trinajstić information content (AvgIpc) is 2.32. The summed E-state index contributed by atoms with van der Waals surface area (Å²) in [5, 5.41) is 0. The second-order valence-corrected chi connectivity index (χ2v) is 4.20. The van der Waals surface area contributed by atoms with Gasteiger partial charge in [-0.2, -0.15) is 0 Å². The number of ketones is 1. The number of aryl methyl sites for hydroxylation is 2. The highest BCUT2D eigenvalue weighted by Crippen LogP contribution is 2.12. The third-order valence-corrected chi connectivity index (χ3v) is 2.89. The number of hydrogen-bond acceptors (Lipinski definition) is 2. The summed E-state index contributed by atoms with van der Waals surface area (Å²) in [6.07, 6.45) is 2.09. The number of Topliss-reactive ketones (excluding diaryl/α,β-unsaturated/α-hetero) is 1. The van der Waals surface area contributed by atoms with Crippen LogP contribution in [0.5, 0.6) is 0 Å². The van der Waals surface area contributed by atoms with Crippen LogP contribution in [0.15, 0.2) is 42.6 Å². The fraction of sp³-hybridized carbons (Fsp3) is 0.200. The topological polar surface area (TPSA) is 30.0 Å². The molecule has 2 aromatic rings. The van der Waals surface area contributed by atoms with Crippen molar-refractivity contribution in [3.63, 3.8) is 0 Å². The fourth-order valence-electron chi connectivity index (χ4n) is 1.84. The Morgan fingerprint density at radius 2 is 1.76 bits per heavy atom. The summed E-state index contributed by atoms with van der Waals surface area (Å²) < 4.78 is 0. The van der Waals surface area contributed by atoms with Gasteiger partial charge in [0.15, 0.2) is 5.78 Å². The van der Waals surface area contributed by atoms with E-state index < -0.39 is 0 Å². The van der Waals surface area contributed by atoms with Crippen molar-refractivity contribution in [2.24, 2.45) is 0 Å². The summed E-state index contributed by atoms with van der Waals surface area (Å²) >= 11 is 0. The molecule has 0 unspecified atom stereocenters. The van der Waals surface area contributed by atoms with Crippen molar-refractivity contribution in [1.29, 1.82) is 0 Å². The first-order chi connectivity index (χ1) is 8.18. The average molecular weight is 225 g/mol. The van der Waals surface area contributed by atoms with Crippen LogP contribution >= 0.6 is 0 Å². The second kappa shape index (κ2) is 4.91. The van der Waals surface area contributed by atoms with Crippen LogP contribution in [0.25, 0.3) is 0 Å². The summed E-state index contributed by atoms with van der Waals surface area (Å²) in [5.41, 5.74) is 3.74. The molecule has 1 heterocycles. The maximum Gasteiger partial charge on any atom is 0.185 e. The van der Waals surface area contributed by atoms with Crippen LogP contribution < -0.4 is 0 Å². The van der Waals surface area contributed by atoms with Crippen LogP contribution in [0.4, 0.5) is 0 Å². The van der Waals surface area contributed by atoms with Crippen molar-refractivity contribution in [3.05, 3.63) is 65.0 Å². The normalized spacial score (nSPS) is 10.2. The van der Waals surface area contributed by atoms with Crippen molar-refractivity contribution >= 4 is 5.78 Å². The van der Waals surface area contributed by atoms with Crippen molar-refractivity contribution < 1.29 is 4.79 Å². The van der Waals surface area contributed by atoms with Crippen LogP contribution in [0.1, 0.15) is 27.2 Å². The van der Waals surface area contributed by atoms with Crippen molar-refractivity contribution in [2.45, 2.75) is 20.3 Å². The molecule has 0 N–H and O–H groups in total. The molecule has 0 saturated heterocycles. The van der Waals surface area contributed by atoms with Gasteiger partial charge >= 0.3 is 0 Å². The number of nitrogens with zero attached hydrogens (tertiary/aromatic N) is 1. The lowest BCUT2D eigenvalue weighted by atomic mass is 10.0. The highest BCUT2D eigenvalue weighted by atomic mass is 16.1. The van der Waals surface area contributed by atoms with Gasteiger partial charge in [0.1, 0.15) is 5.69 Å². The molecule has 2 nitrogen and oxygen atoms in total. The summed E-state index contributed by atoms with van der Waals surface area (Å²) in [5.74, 6) is 0.0809. The van der Waals surface area contributed by atoms with E-state index in [2.05, 4.69) is 4.98 Å². The van der Waals surface area contributed by atoms with Gasteiger partial charge in [-0.15, -0.1) is 0 Å². The number of rotatable bonds is 3. The molecule has 0 saturated carbocycles. The molecule has 2 rings (SSSR count). The predicted molar refractivity (Wildman–Crippen MR) is 68.2 cm³/mol. The first-order valence-electron chi connectivity index (χ1n) is 5.68. The van der Waals surface area contributed by atoms with Crippen molar-refractivity contribution in [3.8, 4) is 0 Å². The third-order valence-electron chi connectivity index (χ3n) is 2.89. The summed E-state index contributed by atoms with van der Waals surface area (Å²) in [6.45, 7) is 3.94. The maximum absolute atomic E-state index is 12.1. The molecule has 0 aliphatic rings. The molecule has 86 valence electrons. The number of aromatic nitrogens is 1. The molecule has 0 aliphatic heterocycles. The fourth-order valence-corrected chi connectivity index (χ4v) is 1.84. The molecular formula is C15H15NO. The first kappa shape index (κ1) is 11.5. The van der Waals surface area contributed by atoms with Gasteiger partial charge in [-0.25, -0.2) is 0 Å². The van der Waals surface area contributed by atoms with E-state index in [1.807, 2.05) is 50.2 Å². The van der Waals surface area contributed by atoms with E-state index in [4.69, 9.17) is 0 Å². The molecular weight excluding hydrogens is 210 g/mol. The minimum Gasteiger partial charge on any atom is -0.292 e. The molecule has 17 heavy (non-hydrogen) atoms. The van der Waals surface area contributed by atoms with Gasteiger partial charge in [-0.3, -0.25) is 9.78 Å². The Labute approximate surface area is 101 Å². The first-order valence-corrected chi connectivity index (χ1v) is 5.68. The van der Waals surface area contributed by atoms with Gasteiger partial charge in [0.25, 0.3) is 0 Å². The van der Waals surface area contributed by atoms with Crippen LogP contribution in [0, 0.1) is 13.8 Å². The molecule has 0 spiro atoms. The molecule has 0 aliphatic carbocycles. The van der Waals surface area contributed by atoms with E-state index in [0.717, 1.165) is 16.7 Å². The second-order valence-electron chi connectivity index (χ2n) is 4.20. The minimum absolute atomic E-state index is 0.0809. The predicted octanol–water partition coefficient (Wildman–Crippen LogP) is 3.12. The summed E-state index contributed by atoms with van der Waals surface area (Å²) in [4.78, 5) is 16.3. The molecule has 0 radical (unpaired) electrons. The zero-order valence-electron chi connectivity index (χ0n) is 10.1. The van der Waals surface area contributed by atoms with Gasteiger partial charge in [-0.1, -0.05) is 30.3 Å². The Bertz CT molecular complexity index is 546. The van der Waals surface area contributed by atoms with Gasteiger partial charge in [0.05, 0.1) is 0 Å². The lowest BCUT2D eigenvalue weighted by Crippen LogP contribution is -2.08. The molecule has 0 amide bonds. The van der Waals surface area contributed by atoms with Gasteiger partial charge in [-0.05, 0) is 36.6 Å². The molecule has 1 aromatic heterocycles. The standard InChI is InChI=1S/C15H15NO/c1-11-6-3-4-8-13(11)10-14(17)15-12(2)7-5-9-16-15/h3-9H,10H2,1-2H3. The number of carbonyl (C=O) groups is 1. The van der Waals surface area contributed by atoms with E-state index in [9.17, 15) is 4.79 Å².